The summed E-state index contributed by atoms with van der Waals surface area (Å²) in [7, 11) is 0. The summed E-state index contributed by atoms with van der Waals surface area (Å²) in [5.41, 5.74) is 6.23. The third-order valence-corrected chi connectivity index (χ3v) is 6.45. The molecule has 4 heterocycles. The Morgan fingerprint density at radius 2 is 2.00 bits per heavy atom. The zero-order chi connectivity index (χ0) is 18.8. The Kier molecular flexibility index (Phi) is 3.17. The number of aromatic amines is 1. The SMILES string of the molecule is Cc1nc2c(sc3nc4c(c(-c5ccco5)c32)CCc2ccccc2-4)c(=O)[nH]1. The fourth-order valence-electron chi connectivity index (χ4n) is 4.22. The average molecular weight is 385 g/mol. The molecule has 4 aromatic heterocycles. The van der Waals surface area contributed by atoms with E-state index in [-0.39, 0.29) is 5.56 Å². The highest BCUT2D eigenvalue weighted by atomic mass is 32.1. The molecule has 1 aliphatic carbocycles. The number of nitrogens with one attached hydrogen (secondary N) is 1. The Labute approximate surface area is 163 Å². The molecule has 6 heteroatoms. The van der Waals surface area contributed by atoms with Crippen LogP contribution in [0.3, 0.4) is 0 Å². The van der Waals surface area contributed by atoms with Crippen LogP contribution in [0.25, 0.3) is 43.0 Å². The number of thiophene rings is 1. The number of pyridine rings is 1. The van der Waals surface area contributed by atoms with Gasteiger partial charge in [0.15, 0.2) is 0 Å². The van der Waals surface area contributed by atoms with Crippen molar-refractivity contribution in [1.29, 1.82) is 0 Å². The number of nitrogens with zero attached hydrogens (tertiary/aromatic N) is 2. The second-order valence-electron chi connectivity index (χ2n) is 7.06. The van der Waals surface area contributed by atoms with Gasteiger partial charge in [-0.25, -0.2) is 9.97 Å². The Morgan fingerprint density at radius 1 is 1.11 bits per heavy atom. The molecule has 0 saturated heterocycles. The Balaban J connectivity index is 1.85. The van der Waals surface area contributed by atoms with E-state index in [1.807, 2.05) is 18.2 Å². The standard InChI is InChI=1S/C22H15N3O2S/c1-11-23-19-17-16(15-7-4-10-27-15)14-9-8-12-5-2-3-6-13(12)18(14)25-22(17)28-20(19)21(26)24-11/h2-7,10H,8-9H2,1H3,(H,23,24,26). The highest BCUT2D eigenvalue weighted by Crippen LogP contribution is 2.45. The molecule has 0 amide bonds. The minimum absolute atomic E-state index is 0.116. The number of furan rings is 1. The number of rotatable bonds is 1. The van der Waals surface area contributed by atoms with Gasteiger partial charge in [0.2, 0.25) is 0 Å². The molecule has 0 fully saturated rings. The molecule has 28 heavy (non-hydrogen) atoms. The van der Waals surface area contributed by atoms with Crippen molar-refractivity contribution in [1.82, 2.24) is 15.0 Å². The van der Waals surface area contributed by atoms with Crippen LogP contribution in [-0.4, -0.2) is 15.0 Å². The lowest BCUT2D eigenvalue weighted by molar-refractivity contribution is 0.582. The van der Waals surface area contributed by atoms with Crippen LogP contribution >= 0.6 is 11.3 Å². The maximum Gasteiger partial charge on any atom is 0.268 e. The van der Waals surface area contributed by atoms with E-state index in [4.69, 9.17) is 9.40 Å². The van der Waals surface area contributed by atoms with E-state index in [2.05, 4.69) is 28.2 Å². The van der Waals surface area contributed by atoms with E-state index in [0.29, 0.717) is 16.0 Å². The van der Waals surface area contributed by atoms with E-state index in [1.54, 1.807) is 13.2 Å². The van der Waals surface area contributed by atoms with Gasteiger partial charge in [0.1, 0.15) is 21.1 Å². The molecule has 0 spiro atoms. The summed E-state index contributed by atoms with van der Waals surface area (Å²) < 4.78 is 6.43. The molecule has 0 unspecified atom stereocenters. The van der Waals surface area contributed by atoms with Crippen molar-refractivity contribution in [2.75, 3.05) is 0 Å². The Hall–Kier alpha value is -3.25. The molecule has 5 aromatic rings. The van der Waals surface area contributed by atoms with E-state index < -0.39 is 0 Å². The van der Waals surface area contributed by atoms with Crippen LogP contribution < -0.4 is 5.56 Å². The molecule has 0 aliphatic heterocycles. The maximum absolute atomic E-state index is 12.6. The first-order valence-corrected chi connectivity index (χ1v) is 10.0. The molecule has 0 radical (unpaired) electrons. The molecule has 0 bridgehead atoms. The molecule has 1 aliphatic rings. The van der Waals surface area contributed by atoms with Crippen molar-refractivity contribution in [3.8, 4) is 22.6 Å². The summed E-state index contributed by atoms with van der Waals surface area (Å²) >= 11 is 1.40. The first kappa shape index (κ1) is 15.8. The Bertz CT molecular complexity index is 1440. The average Bonchev–Trinajstić information content (AvgIpc) is 3.34. The predicted molar refractivity (Wildman–Crippen MR) is 111 cm³/mol. The van der Waals surface area contributed by atoms with Gasteiger partial charge in [0.05, 0.1) is 17.5 Å². The van der Waals surface area contributed by atoms with E-state index in [9.17, 15) is 4.79 Å². The normalized spacial score (nSPS) is 13.0. The summed E-state index contributed by atoms with van der Waals surface area (Å²) in [6.45, 7) is 1.80. The topological polar surface area (TPSA) is 71.8 Å². The summed E-state index contributed by atoms with van der Waals surface area (Å²) in [4.78, 5) is 25.9. The number of hydrogen-bond acceptors (Lipinski definition) is 5. The molecule has 0 atom stereocenters. The number of fused-ring (bicyclic) bond motifs is 6. The van der Waals surface area contributed by atoms with Crippen LogP contribution in [0.5, 0.6) is 0 Å². The first-order valence-electron chi connectivity index (χ1n) is 9.19. The molecular formula is C22H15N3O2S. The second-order valence-corrected chi connectivity index (χ2v) is 8.06. The molecule has 1 aromatic carbocycles. The van der Waals surface area contributed by atoms with Crippen LogP contribution in [0.4, 0.5) is 0 Å². The predicted octanol–water partition coefficient (Wildman–Crippen LogP) is 4.87. The molecular weight excluding hydrogens is 370 g/mol. The first-order chi connectivity index (χ1) is 13.7. The zero-order valence-corrected chi connectivity index (χ0v) is 15.9. The van der Waals surface area contributed by atoms with Crippen molar-refractivity contribution in [2.45, 2.75) is 19.8 Å². The lowest BCUT2D eigenvalue weighted by Gasteiger charge is -2.21. The quantitative estimate of drug-likeness (QED) is 0.447. The highest BCUT2D eigenvalue weighted by Gasteiger charge is 2.27. The summed E-state index contributed by atoms with van der Waals surface area (Å²) in [6, 6.07) is 12.3. The summed E-state index contributed by atoms with van der Waals surface area (Å²) in [6.07, 6.45) is 3.52. The lowest BCUT2D eigenvalue weighted by atomic mass is 9.85. The van der Waals surface area contributed by atoms with E-state index in [0.717, 1.165) is 45.6 Å². The summed E-state index contributed by atoms with van der Waals surface area (Å²) in [5, 5.41) is 0.919. The second kappa shape index (κ2) is 5.62. The van der Waals surface area contributed by atoms with Crippen molar-refractivity contribution in [2.24, 2.45) is 0 Å². The van der Waals surface area contributed by atoms with Crippen molar-refractivity contribution in [3.63, 3.8) is 0 Å². The van der Waals surface area contributed by atoms with Gasteiger partial charge in [-0.05, 0) is 43.0 Å². The maximum atomic E-state index is 12.6. The largest absolute Gasteiger partial charge is 0.464 e. The molecule has 1 N–H and O–H groups in total. The van der Waals surface area contributed by atoms with Crippen molar-refractivity contribution >= 4 is 31.8 Å². The van der Waals surface area contributed by atoms with Gasteiger partial charge in [-0.2, -0.15) is 0 Å². The number of H-pyrrole nitrogens is 1. The van der Waals surface area contributed by atoms with Gasteiger partial charge in [0.25, 0.3) is 5.56 Å². The summed E-state index contributed by atoms with van der Waals surface area (Å²) in [5.74, 6) is 1.40. The van der Waals surface area contributed by atoms with Crippen LogP contribution in [0.1, 0.15) is 17.0 Å². The number of benzene rings is 1. The molecule has 0 saturated carbocycles. The lowest BCUT2D eigenvalue weighted by Crippen LogP contribution is -2.08. The van der Waals surface area contributed by atoms with Gasteiger partial charge in [-0.15, -0.1) is 11.3 Å². The third-order valence-electron chi connectivity index (χ3n) is 5.38. The van der Waals surface area contributed by atoms with Crippen molar-refractivity contribution < 1.29 is 4.42 Å². The molecule has 6 rings (SSSR count). The van der Waals surface area contributed by atoms with Gasteiger partial charge >= 0.3 is 0 Å². The van der Waals surface area contributed by atoms with Crippen LogP contribution in [0.15, 0.2) is 51.9 Å². The Morgan fingerprint density at radius 3 is 2.86 bits per heavy atom. The minimum Gasteiger partial charge on any atom is -0.464 e. The molecule has 5 nitrogen and oxygen atoms in total. The van der Waals surface area contributed by atoms with E-state index >= 15 is 0 Å². The minimum atomic E-state index is -0.116. The number of aromatic nitrogens is 3. The smallest absolute Gasteiger partial charge is 0.268 e. The fraction of sp³-hybridized carbons (Fsp3) is 0.136. The van der Waals surface area contributed by atoms with Crippen molar-refractivity contribution in [3.05, 3.63) is 70.0 Å². The van der Waals surface area contributed by atoms with Gasteiger partial charge in [-0.1, -0.05) is 24.3 Å². The van der Waals surface area contributed by atoms with E-state index in [1.165, 1.54) is 22.5 Å². The van der Waals surface area contributed by atoms with Crippen LogP contribution in [0, 0.1) is 6.92 Å². The zero-order valence-electron chi connectivity index (χ0n) is 15.1. The number of aryl methyl sites for hydroxylation is 2. The van der Waals surface area contributed by atoms with Gasteiger partial charge in [0, 0.05) is 16.5 Å². The monoisotopic (exact) mass is 385 g/mol. The molecule has 136 valence electrons. The van der Waals surface area contributed by atoms with Crippen LogP contribution in [0.2, 0.25) is 0 Å². The fourth-order valence-corrected chi connectivity index (χ4v) is 5.24. The van der Waals surface area contributed by atoms with Gasteiger partial charge < -0.3 is 9.40 Å². The highest BCUT2D eigenvalue weighted by molar-refractivity contribution is 7.25. The third kappa shape index (κ3) is 2.09. The van der Waals surface area contributed by atoms with Crippen LogP contribution in [-0.2, 0) is 12.8 Å². The number of hydrogen-bond donors (Lipinski definition) is 1. The van der Waals surface area contributed by atoms with Gasteiger partial charge in [-0.3, -0.25) is 4.79 Å².